The Morgan fingerprint density at radius 3 is 2.53 bits per heavy atom. The van der Waals surface area contributed by atoms with Crippen molar-refractivity contribution in [2.45, 2.75) is 24.6 Å². The van der Waals surface area contributed by atoms with E-state index in [0.717, 1.165) is 5.56 Å². The van der Waals surface area contributed by atoms with Crippen molar-refractivity contribution in [3.63, 3.8) is 0 Å². The molecule has 1 amide bonds. The zero-order chi connectivity index (χ0) is 12.9. The monoisotopic (exact) mass is 252 g/mol. The molecule has 1 unspecified atom stereocenters. The van der Waals surface area contributed by atoms with Gasteiger partial charge in [0, 0.05) is 11.3 Å². The summed E-state index contributed by atoms with van der Waals surface area (Å²) in [6.45, 7) is 4.80. The molecule has 0 bridgehead atoms. The largest absolute Gasteiger partial charge is 0.353 e. The third kappa shape index (κ3) is 4.40. The minimum absolute atomic E-state index is 0.0338. The minimum Gasteiger partial charge on any atom is -0.353 e. The van der Waals surface area contributed by atoms with Crippen LogP contribution in [0.4, 0.5) is 0 Å². The van der Waals surface area contributed by atoms with Crippen LogP contribution in [0.1, 0.15) is 25.5 Å². The van der Waals surface area contributed by atoms with E-state index in [-0.39, 0.29) is 10.7 Å². The highest BCUT2D eigenvalue weighted by Gasteiger charge is 2.20. The van der Waals surface area contributed by atoms with Crippen LogP contribution in [0.3, 0.4) is 0 Å². The van der Waals surface area contributed by atoms with Gasteiger partial charge in [-0.15, -0.1) is 0 Å². The lowest BCUT2D eigenvalue weighted by atomic mass is 10.1. The van der Waals surface area contributed by atoms with E-state index in [2.05, 4.69) is 19.2 Å². The Hall–Kier alpha value is -1.00. The molecule has 1 aromatic carbocycles. The van der Waals surface area contributed by atoms with Crippen LogP contribution in [0, 0.1) is 0 Å². The Labute approximate surface area is 107 Å². The Morgan fingerprint density at radius 2 is 2.00 bits per heavy atom. The van der Waals surface area contributed by atoms with Gasteiger partial charge in [0.25, 0.3) is 0 Å². The molecule has 0 heterocycles. The van der Waals surface area contributed by atoms with Crippen molar-refractivity contribution in [2.24, 2.45) is 5.73 Å². The first-order chi connectivity index (χ1) is 7.96. The summed E-state index contributed by atoms with van der Waals surface area (Å²) in [6, 6.07) is 8.82. The second-order valence-electron chi connectivity index (χ2n) is 4.57. The SMILES string of the molecule is CSC(C)(C)CNC(=O)C(N)c1ccccc1. The summed E-state index contributed by atoms with van der Waals surface area (Å²) >= 11 is 1.72. The van der Waals surface area contributed by atoms with E-state index in [4.69, 9.17) is 5.73 Å². The summed E-state index contributed by atoms with van der Waals surface area (Å²) in [5, 5.41) is 2.89. The molecule has 3 N–H and O–H groups in total. The summed E-state index contributed by atoms with van der Waals surface area (Å²) in [7, 11) is 0. The van der Waals surface area contributed by atoms with Gasteiger partial charge in [-0.25, -0.2) is 0 Å². The second-order valence-corrected chi connectivity index (χ2v) is 6.08. The first-order valence-electron chi connectivity index (χ1n) is 5.59. The maximum absolute atomic E-state index is 11.9. The fraction of sp³-hybridized carbons (Fsp3) is 0.462. The third-order valence-electron chi connectivity index (χ3n) is 2.68. The molecule has 1 rings (SSSR count). The average molecular weight is 252 g/mol. The molecule has 4 heteroatoms. The van der Waals surface area contributed by atoms with Crippen molar-refractivity contribution in [1.29, 1.82) is 0 Å². The van der Waals surface area contributed by atoms with Gasteiger partial charge in [-0.05, 0) is 25.7 Å². The van der Waals surface area contributed by atoms with E-state index in [9.17, 15) is 4.79 Å². The predicted molar refractivity (Wildman–Crippen MR) is 74.0 cm³/mol. The van der Waals surface area contributed by atoms with Gasteiger partial charge < -0.3 is 11.1 Å². The first kappa shape index (κ1) is 14.1. The topological polar surface area (TPSA) is 55.1 Å². The van der Waals surface area contributed by atoms with Gasteiger partial charge in [0.15, 0.2) is 0 Å². The maximum Gasteiger partial charge on any atom is 0.241 e. The molecule has 17 heavy (non-hydrogen) atoms. The summed E-state index contributed by atoms with van der Waals surface area (Å²) in [5.74, 6) is -0.127. The molecule has 0 saturated carbocycles. The molecule has 0 aliphatic heterocycles. The Morgan fingerprint density at radius 1 is 1.41 bits per heavy atom. The number of amides is 1. The van der Waals surface area contributed by atoms with E-state index < -0.39 is 6.04 Å². The van der Waals surface area contributed by atoms with E-state index >= 15 is 0 Å². The summed E-state index contributed by atoms with van der Waals surface area (Å²) in [6.07, 6.45) is 2.03. The number of thioether (sulfide) groups is 1. The van der Waals surface area contributed by atoms with E-state index in [0.29, 0.717) is 6.54 Å². The van der Waals surface area contributed by atoms with Crippen molar-refractivity contribution in [1.82, 2.24) is 5.32 Å². The van der Waals surface area contributed by atoms with Gasteiger partial charge in [0.1, 0.15) is 6.04 Å². The molecule has 1 aromatic rings. The molecule has 0 aliphatic carbocycles. The van der Waals surface area contributed by atoms with Crippen LogP contribution >= 0.6 is 11.8 Å². The number of nitrogens with one attached hydrogen (secondary N) is 1. The Balaban J connectivity index is 2.54. The lowest BCUT2D eigenvalue weighted by molar-refractivity contribution is -0.122. The van der Waals surface area contributed by atoms with Gasteiger partial charge in [0.05, 0.1) is 0 Å². The number of carbonyl (C=O) groups is 1. The van der Waals surface area contributed by atoms with E-state index in [1.807, 2.05) is 36.6 Å². The van der Waals surface area contributed by atoms with Crippen molar-refractivity contribution < 1.29 is 4.79 Å². The zero-order valence-corrected chi connectivity index (χ0v) is 11.4. The fourth-order valence-electron chi connectivity index (χ4n) is 1.29. The molecule has 0 aliphatic rings. The molecule has 0 aromatic heterocycles. The normalized spacial score (nSPS) is 13.2. The van der Waals surface area contributed by atoms with Crippen molar-refractivity contribution in [3.8, 4) is 0 Å². The van der Waals surface area contributed by atoms with Crippen LogP contribution in [-0.2, 0) is 4.79 Å². The van der Waals surface area contributed by atoms with Crippen molar-refractivity contribution in [2.75, 3.05) is 12.8 Å². The molecule has 0 spiro atoms. The van der Waals surface area contributed by atoms with Crippen LogP contribution in [-0.4, -0.2) is 23.5 Å². The van der Waals surface area contributed by atoms with Gasteiger partial charge >= 0.3 is 0 Å². The average Bonchev–Trinajstić information content (AvgIpc) is 2.36. The number of carbonyl (C=O) groups excluding carboxylic acids is 1. The number of benzene rings is 1. The molecule has 0 fully saturated rings. The zero-order valence-electron chi connectivity index (χ0n) is 10.6. The van der Waals surface area contributed by atoms with Crippen LogP contribution in [0.25, 0.3) is 0 Å². The summed E-state index contributed by atoms with van der Waals surface area (Å²) < 4.78 is 0.0338. The van der Waals surface area contributed by atoms with Crippen molar-refractivity contribution >= 4 is 17.7 Å². The lowest BCUT2D eigenvalue weighted by Crippen LogP contribution is -2.40. The third-order valence-corrected chi connectivity index (χ3v) is 3.93. The van der Waals surface area contributed by atoms with Crippen LogP contribution in [0.5, 0.6) is 0 Å². The van der Waals surface area contributed by atoms with Crippen molar-refractivity contribution in [3.05, 3.63) is 35.9 Å². The standard InChI is InChI=1S/C13H20N2OS/c1-13(2,17-3)9-15-12(16)11(14)10-7-5-4-6-8-10/h4-8,11H,9,14H2,1-3H3,(H,15,16). The maximum atomic E-state index is 11.9. The van der Waals surface area contributed by atoms with Gasteiger partial charge in [-0.1, -0.05) is 30.3 Å². The molecular weight excluding hydrogens is 232 g/mol. The molecule has 3 nitrogen and oxygen atoms in total. The van der Waals surface area contributed by atoms with Crippen LogP contribution in [0.15, 0.2) is 30.3 Å². The molecule has 0 radical (unpaired) electrons. The second kappa shape index (κ2) is 6.07. The van der Waals surface area contributed by atoms with Gasteiger partial charge in [-0.3, -0.25) is 4.79 Å². The van der Waals surface area contributed by atoms with Crippen LogP contribution in [0.2, 0.25) is 0 Å². The number of hydrogen-bond donors (Lipinski definition) is 2. The Kier molecular flexibility index (Phi) is 5.02. The first-order valence-corrected chi connectivity index (χ1v) is 6.82. The van der Waals surface area contributed by atoms with E-state index in [1.54, 1.807) is 11.8 Å². The highest BCUT2D eigenvalue weighted by Crippen LogP contribution is 2.20. The fourth-order valence-corrected chi connectivity index (χ4v) is 1.51. The van der Waals surface area contributed by atoms with Gasteiger partial charge in [0.2, 0.25) is 5.91 Å². The highest BCUT2D eigenvalue weighted by molar-refractivity contribution is 7.99. The smallest absolute Gasteiger partial charge is 0.241 e. The Bertz CT molecular complexity index is 365. The molecular formula is C13H20N2OS. The molecule has 0 saturated heterocycles. The summed E-state index contributed by atoms with van der Waals surface area (Å²) in [4.78, 5) is 11.9. The predicted octanol–water partition coefficient (Wildman–Crippen LogP) is 1.94. The summed E-state index contributed by atoms with van der Waals surface area (Å²) in [5.41, 5.74) is 6.73. The molecule has 1 atom stereocenters. The number of nitrogens with two attached hydrogens (primary N) is 1. The quantitative estimate of drug-likeness (QED) is 0.842. The molecule has 94 valence electrons. The van der Waals surface area contributed by atoms with Gasteiger partial charge in [-0.2, -0.15) is 11.8 Å². The van der Waals surface area contributed by atoms with Crippen LogP contribution < -0.4 is 11.1 Å². The lowest BCUT2D eigenvalue weighted by Gasteiger charge is -2.23. The number of hydrogen-bond acceptors (Lipinski definition) is 3. The minimum atomic E-state index is -0.589. The number of rotatable bonds is 5. The highest BCUT2D eigenvalue weighted by atomic mass is 32.2. The van der Waals surface area contributed by atoms with E-state index in [1.165, 1.54) is 0 Å².